The zero-order valence-electron chi connectivity index (χ0n) is 23.9. The van der Waals surface area contributed by atoms with E-state index in [9.17, 15) is 26.4 Å². The summed E-state index contributed by atoms with van der Waals surface area (Å²) in [5, 5.41) is 3.07. The van der Waals surface area contributed by atoms with Crippen molar-refractivity contribution in [2.75, 3.05) is 29.6 Å². The molecule has 10 heteroatoms. The van der Waals surface area contributed by atoms with Crippen LogP contribution in [-0.2, 0) is 21.2 Å². The Balaban J connectivity index is 1.41. The Bertz CT molecular complexity index is 1850. The van der Waals surface area contributed by atoms with E-state index in [0.717, 1.165) is 24.0 Å². The van der Waals surface area contributed by atoms with Crippen molar-refractivity contribution in [2.45, 2.75) is 29.8 Å². The number of nitrogens with zero attached hydrogens (tertiary/aromatic N) is 2. The van der Waals surface area contributed by atoms with Crippen molar-refractivity contribution >= 4 is 27.1 Å². The van der Waals surface area contributed by atoms with Gasteiger partial charge in [-0.05, 0) is 66.4 Å². The van der Waals surface area contributed by atoms with Crippen LogP contribution in [0.5, 0.6) is 0 Å². The molecule has 1 spiro atoms. The molecule has 0 aliphatic carbocycles. The number of hydrogen-bond donors (Lipinski definition) is 1. The number of hydrogen-bond acceptors (Lipinski definition) is 5. The van der Waals surface area contributed by atoms with Gasteiger partial charge in [0.25, 0.3) is 5.91 Å². The van der Waals surface area contributed by atoms with Crippen LogP contribution in [-0.4, -0.2) is 44.1 Å². The van der Waals surface area contributed by atoms with Gasteiger partial charge in [-0.25, -0.2) is 21.6 Å². The molecule has 6 nitrogen and oxygen atoms in total. The van der Waals surface area contributed by atoms with Crippen LogP contribution in [0.2, 0.25) is 0 Å². The number of piperidine rings is 1. The predicted octanol–water partition coefficient (Wildman–Crippen LogP) is 6.55. The largest absolute Gasteiger partial charge is 0.354 e. The normalized spacial score (nSPS) is 16.8. The molecule has 0 bridgehead atoms. The topological polar surface area (TPSA) is 69.7 Å². The number of carbonyl (C=O) groups is 1. The van der Waals surface area contributed by atoms with E-state index in [2.05, 4.69) is 10.2 Å². The van der Waals surface area contributed by atoms with E-state index >= 15 is 0 Å². The van der Waals surface area contributed by atoms with Gasteiger partial charge in [-0.2, -0.15) is 0 Å². The van der Waals surface area contributed by atoms with E-state index in [1.807, 2.05) is 30.3 Å². The third kappa shape index (κ3) is 5.75. The minimum absolute atomic E-state index is 0.0224. The van der Waals surface area contributed by atoms with Crippen molar-refractivity contribution in [3.05, 3.63) is 126 Å². The number of carbonyl (C=O) groups excluding carboxylic acids is 1. The molecule has 0 unspecified atom stereocenters. The highest BCUT2D eigenvalue weighted by molar-refractivity contribution is 7.90. The van der Waals surface area contributed by atoms with E-state index in [1.54, 1.807) is 23.1 Å². The molecule has 4 aromatic rings. The molecule has 2 aliphatic rings. The first-order valence-electron chi connectivity index (χ1n) is 14.2. The lowest BCUT2D eigenvalue weighted by Crippen LogP contribution is -2.56. The Morgan fingerprint density at radius 1 is 0.841 bits per heavy atom. The number of likely N-dealkylation sites (tertiary alicyclic amines) is 1. The minimum atomic E-state index is -3.44. The zero-order chi connectivity index (χ0) is 31.1. The molecule has 4 aromatic carbocycles. The molecule has 1 N–H and O–H groups in total. The van der Waals surface area contributed by atoms with Gasteiger partial charge in [-0.15, -0.1) is 0 Å². The van der Waals surface area contributed by atoms with Crippen LogP contribution in [0.4, 0.5) is 24.5 Å². The van der Waals surface area contributed by atoms with Gasteiger partial charge in [0.15, 0.2) is 9.84 Å². The molecule has 6 rings (SSSR count). The van der Waals surface area contributed by atoms with Gasteiger partial charge in [-0.1, -0.05) is 42.5 Å². The Kier molecular flexibility index (Phi) is 7.81. The smallest absolute Gasteiger partial charge is 0.253 e. The monoisotopic (exact) mass is 617 g/mol. The first-order valence-corrected chi connectivity index (χ1v) is 16.1. The molecule has 0 radical (unpaired) electrons. The Hall–Kier alpha value is -4.41. The maximum absolute atomic E-state index is 14.9. The maximum Gasteiger partial charge on any atom is 0.253 e. The number of sulfone groups is 1. The van der Waals surface area contributed by atoms with Crippen molar-refractivity contribution in [3.63, 3.8) is 0 Å². The summed E-state index contributed by atoms with van der Waals surface area (Å²) in [5.74, 6) is -2.48. The summed E-state index contributed by atoms with van der Waals surface area (Å²) in [7, 11) is -3.44. The van der Waals surface area contributed by atoms with Crippen LogP contribution < -0.4 is 10.2 Å². The van der Waals surface area contributed by atoms with E-state index in [4.69, 9.17) is 0 Å². The number of anilines is 2. The van der Waals surface area contributed by atoms with Gasteiger partial charge in [0.1, 0.15) is 17.5 Å². The number of benzene rings is 4. The Labute approximate surface area is 254 Å². The first kappa shape index (κ1) is 29.7. The lowest BCUT2D eigenvalue weighted by atomic mass is 9.83. The molecule has 0 atom stereocenters. The summed E-state index contributed by atoms with van der Waals surface area (Å²) in [5.41, 5.74) is 2.07. The third-order valence-electron chi connectivity index (χ3n) is 8.34. The van der Waals surface area contributed by atoms with E-state index in [1.165, 1.54) is 36.4 Å². The first-order chi connectivity index (χ1) is 21.0. The van der Waals surface area contributed by atoms with Crippen molar-refractivity contribution in [1.82, 2.24) is 4.90 Å². The molecular weight excluding hydrogens is 587 g/mol. The fraction of sp³-hybridized carbons (Fsp3) is 0.206. The van der Waals surface area contributed by atoms with Crippen LogP contribution in [0.3, 0.4) is 0 Å². The molecule has 1 fully saturated rings. The molecule has 2 heterocycles. The van der Waals surface area contributed by atoms with Crippen molar-refractivity contribution in [3.8, 4) is 11.1 Å². The van der Waals surface area contributed by atoms with Gasteiger partial charge >= 0.3 is 0 Å². The molecule has 1 amide bonds. The minimum Gasteiger partial charge on any atom is -0.354 e. The van der Waals surface area contributed by atoms with E-state index in [0.29, 0.717) is 55.0 Å². The molecule has 2 aliphatic heterocycles. The zero-order valence-corrected chi connectivity index (χ0v) is 24.8. The standard InChI is InChI=1S/C34H30F3N3O3S/c1-44(42,43)27-11-7-24(8-12-27)28-13-9-26(36)20-31(28)40-33(41)21-32(38-30-14-10-25(35)19-29(30)37)34(40)15-17-39(18-16-34)22-23-5-3-2-4-6-23/h2-14,19-21,38H,15-18,22H2,1H3. The second-order valence-electron chi connectivity index (χ2n) is 11.2. The number of nitrogens with one attached hydrogen (secondary N) is 1. The highest BCUT2D eigenvalue weighted by atomic mass is 32.2. The molecule has 226 valence electrons. The molecule has 0 saturated carbocycles. The van der Waals surface area contributed by atoms with Crippen molar-refractivity contribution in [2.24, 2.45) is 0 Å². The van der Waals surface area contributed by atoms with Crippen LogP contribution in [0.25, 0.3) is 11.1 Å². The summed E-state index contributed by atoms with van der Waals surface area (Å²) < 4.78 is 67.5. The molecular formula is C34H30F3N3O3S. The van der Waals surface area contributed by atoms with Crippen molar-refractivity contribution < 1.29 is 26.4 Å². The summed E-state index contributed by atoms with van der Waals surface area (Å²) in [4.78, 5) is 17.9. The molecule has 1 saturated heterocycles. The fourth-order valence-electron chi connectivity index (χ4n) is 6.12. The highest BCUT2D eigenvalue weighted by Crippen LogP contribution is 2.47. The summed E-state index contributed by atoms with van der Waals surface area (Å²) >= 11 is 0. The summed E-state index contributed by atoms with van der Waals surface area (Å²) in [6, 6.07) is 23.6. The molecule has 44 heavy (non-hydrogen) atoms. The maximum atomic E-state index is 14.9. The Morgan fingerprint density at radius 2 is 1.50 bits per heavy atom. The second kappa shape index (κ2) is 11.6. The van der Waals surface area contributed by atoms with E-state index < -0.39 is 38.7 Å². The number of rotatable bonds is 7. The SMILES string of the molecule is CS(=O)(=O)c1ccc(-c2ccc(F)cc2N2C(=O)C=C(Nc3ccc(F)cc3F)C23CCN(Cc2ccccc2)CC3)cc1. The van der Waals surface area contributed by atoms with Crippen LogP contribution >= 0.6 is 0 Å². The van der Waals surface area contributed by atoms with Gasteiger partial charge < -0.3 is 5.32 Å². The third-order valence-corrected chi connectivity index (χ3v) is 9.47. The fourth-order valence-corrected chi connectivity index (χ4v) is 6.75. The quantitative estimate of drug-likeness (QED) is 0.255. The lowest BCUT2D eigenvalue weighted by Gasteiger charge is -2.47. The second-order valence-corrected chi connectivity index (χ2v) is 13.2. The average molecular weight is 618 g/mol. The van der Waals surface area contributed by atoms with Crippen LogP contribution in [0.1, 0.15) is 18.4 Å². The van der Waals surface area contributed by atoms with E-state index in [-0.39, 0.29) is 10.6 Å². The van der Waals surface area contributed by atoms with Crippen LogP contribution in [0, 0.1) is 17.5 Å². The Morgan fingerprint density at radius 3 is 2.16 bits per heavy atom. The van der Waals surface area contributed by atoms with Gasteiger partial charge in [0, 0.05) is 49.3 Å². The highest BCUT2D eigenvalue weighted by Gasteiger charge is 2.51. The van der Waals surface area contributed by atoms with Gasteiger partial charge in [0.05, 0.1) is 21.8 Å². The van der Waals surface area contributed by atoms with Crippen LogP contribution in [0.15, 0.2) is 108 Å². The van der Waals surface area contributed by atoms with Crippen molar-refractivity contribution in [1.29, 1.82) is 0 Å². The number of halogens is 3. The molecule has 0 aromatic heterocycles. The van der Waals surface area contributed by atoms with Gasteiger partial charge in [-0.3, -0.25) is 14.6 Å². The lowest BCUT2D eigenvalue weighted by molar-refractivity contribution is -0.114. The summed E-state index contributed by atoms with van der Waals surface area (Å²) in [6.45, 7) is 1.90. The number of amides is 1. The van der Waals surface area contributed by atoms with Gasteiger partial charge in [0.2, 0.25) is 0 Å². The summed E-state index contributed by atoms with van der Waals surface area (Å²) in [6.07, 6.45) is 3.43. The average Bonchev–Trinajstić information content (AvgIpc) is 3.25. The predicted molar refractivity (Wildman–Crippen MR) is 164 cm³/mol.